The van der Waals surface area contributed by atoms with Gasteiger partial charge in [0.15, 0.2) is 11.6 Å². The van der Waals surface area contributed by atoms with E-state index in [9.17, 15) is 9.90 Å². The van der Waals surface area contributed by atoms with Gasteiger partial charge in [-0.3, -0.25) is 4.79 Å². The van der Waals surface area contributed by atoms with Crippen LogP contribution in [0.15, 0.2) is 10.7 Å². The van der Waals surface area contributed by atoms with Crippen LogP contribution in [0.5, 0.6) is 0 Å². The quantitative estimate of drug-likeness (QED) is 0.810. The summed E-state index contributed by atoms with van der Waals surface area (Å²) in [6.45, 7) is 6.31. The molecule has 1 fully saturated rings. The fourth-order valence-corrected chi connectivity index (χ4v) is 3.18. The maximum absolute atomic E-state index is 12.4. The molecule has 21 heavy (non-hydrogen) atoms. The first-order chi connectivity index (χ1) is 10.0. The Balaban J connectivity index is 2.07. The van der Waals surface area contributed by atoms with Crippen LogP contribution in [-0.4, -0.2) is 28.6 Å². The van der Waals surface area contributed by atoms with Crippen molar-refractivity contribution in [3.63, 3.8) is 0 Å². The number of carbonyl (C=O) groups excluding carboxylic acids is 1. The predicted molar refractivity (Wildman–Crippen MR) is 80.0 cm³/mol. The van der Waals surface area contributed by atoms with Crippen molar-refractivity contribution in [2.45, 2.75) is 58.9 Å². The largest absolute Gasteiger partial charge is 0.448 e. The van der Waals surface area contributed by atoms with Crippen LogP contribution in [0.25, 0.3) is 0 Å². The number of rotatable bonds is 7. The number of nitrogens with zero attached hydrogens (tertiary/aromatic N) is 1. The molecule has 0 aliphatic heterocycles. The third-order valence-electron chi connectivity index (χ3n) is 4.53. The van der Waals surface area contributed by atoms with Crippen LogP contribution in [0.2, 0.25) is 0 Å². The van der Waals surface area contributed by atoms with Gasteiger partial charge in [0.2, 0.25) is 0 Å². The first kappa shape index (κ1) is 16.0. The minimum atomic E-state index is -0.209. The molecular weight excluding hydrogens is 268 g/mol. The molecule has 1 aromatic heterocycles. The lowest BCUT2D eigenvalue weighted by molar-refractivity contribution is -0.00784. The van der Waals surface area contributed by atoms with Crippen molar-refractivity contribution in [1.82, 2.24) is 10.3 Å². The van der Waals surface area contributed by atoms with Crippen LogP contribution in [0, 0.1) is 11.3 Å². The summed E-state index contributed by atoms with van der Waals surface area (Å²) in [4.78, 5) is 16.6. The minimum Gasteiger partial charge on any atom is -0.448 e. The third kappa shape index (κ3) is 3.28. The normalized spacial score (nSPS) is 18.3. The number of aromatic nitrogens is 1. The van der Waals surface area contributed by atoms with E-state index in [2.05, 4.69) is 24.1 Å². The molecule has 5 heteroatoms. The fraction of sp³-hybridized carbons (Fsp3) is 0.750. The molecule has 1 amide bonds. The SMILES string of the molecule is CCCc1nc(C(=O)NC(C(C)C)C2(CO)CCC2)co1. The molecule has 2 N–H and O–H groups in total. The van der Waals surface area contributed by atoms with Crippen LogP contribution < -0.4 is 5.32 Å². The number of carbonyl (C=O) groups is 1. The summed E-state index contributed by atoms with van der Waals surface area (Å²) in [5, 5.41) is 12.8. The molecule has 5 nitrogen and oxygen atoms in total. The van der Waals surface area contributed by atoms with Crippen LogP contribution in [0.3, 0.4) is 0 Å². The second kappa shape index (κ2) is 6.60. The Hall–Kier alpha value is -1.36. The number of aryl methyl sites for hydroxylation is 1. The predicted octanol–water partition coefficient (Wildman–Crippen LogP) is 2.54. The maximum atomic E-state index is 12.4. The molecule has 118 valence electrons. The summed E-state index contributed by atoms with van der Waals surface area (Å²) in [7, 11) is 0. The molecule has 0 aromatic carbocycles. The van der Waals surface area contributed by atoms with E-state index in [1.807, 2.05) is 6.92 Å². The number of oxazole rings is 1. The van der Waals surface area contributed by atoms with Gasteiger partial charge in [0.05, 0.1) is 6.61 Å². The Morgan fingerprint density at radius 2 is 2.24 bits per heavy atom. The highest BCUT2D eigenvalue weighted by Crippen LogP contribution is 2.45. The lowest BCUT2D eigenvalue weighted by atomic mass is 9.62. The van der Waals surface area contributed by atoms with E-state index >= 15 is 0 Å². The molecule has 1 aliphatic rings. The maximum Gasteiger partial charge on any atom is 0.273 e. The summed E-state index contributed by atoms with van der Waals surface area (Å²) in [5.41, 5.74) is 0.163. The van der Waals surface area contributed by atoms with Crippen molar-refractivity contribution in [2.24, 2.45) is 11.3 Å². The second-order valence-corrected chi connectivity index (χ2v) is 6.45. The fourth-order valence-electron chi connectivity index (χ4n) is 3.18. The molecule has 1 saturated carbocycles. The van der Waals surface area contributed by atoms with Crippen molar-refractivity contribution in [1.29, 1.82) is 0 Å². The molecule has 1 heterocycles. The highest BCUT2D eigenvalue weighted by Gasteiger charge is 2.45. The van der Waals surface area contributed by atoms with Gasteiger partial charge >= 0.3 is 0 Å². The molecule has 0 saturated heterocycles. The summed E-state index contributed by atoms with van der Waals surface area (Å²) < 4.78 is 5.30. The third-order valence-corrected chi connectivity index (χ3v) is 4.53. The molecule has 0 bridgehead atoms. The van der Waals surface area contributed by atoms with E-state index in [1.165, 1.54) is 6.26 Å². The smallest absolute Gasteiger partial charge is 0.273 e. The zero-order chi connectivity index (χ0) is 15.5. The molecular formula is C16H26N2O3. The molecule has 2 rings (SSSR count). The molecule has 1 aromatic rings. The van der Waals surface area contributed by atoms with Crippen molar-refractivity contribution in [3.8, 4) is 0 Å². The zero-order valence-corrected chi connectivity index (χ0v) is 13.2. The molecule has 0 radical (unpaired) electrons. The Labute approximate surface area is 126 Å². The molecule has 1 atom stereocenters. The zero-order valence-electron chi connectivity index (χ0n) is 13.2. The van der Waals surface area contributed by atoms with Crippen LogP contribution >= 0.6 is 0 Å². The van der Waals surface area contributed by atoms with Gasteiger partial charge < -0.3 is 14.8 Å². The van der Waals surface area contributed by atoms with Gasteiger partial charge in [0, 0.05) is 17.9 Å². The van der Waals surface area contributed by atoms with Gasteiger partial charge in [-0.05, 0) is 25.2 Å². The Kier molecular flexibility index (Phi) is 5.04. The topological polar surface area (TPSA) is 75.4 Å². The highest BCUT2D eigenvalue weighted by molar-refractivity contribution is 5.92. The van der Waals surface area contributed by atoms with Gasteiger partial charge in [-0.25, -0.2) is 4.98 Å². The summed E-state index contributed by atoms with van der Waals surface area (Å²) >= 11 is 0. The van der Waals surface area contributed by atoms with E-state index in [-0.39, 0.29) is 29.9 Å². The Morgan fingerprint density at radius 1 is 1.52 bits per heavy atom. The number of aliphatic hydroxyl groups excluding tert-OH is 1. The molecule has 1 aliphatic carbocycles. The second-order valence-electron chi connectivity index (χ2n) is 6.45. The summed E-state index contributed by atoms with van der Waals surface area (Å²) in [5.74, 6) is 0.659. The van der Waals surface area contributed by atoms with E-state index in [0.717, 1.165) is 32.1 Å². The van der Waals surface area contributed by atoms with E-state index in [0.29, 0.717) is 11.6 Å². The van der Waals surface area contributed by atoms with Crippen LogP contribution in [-0.2, 0) is 6.42 Å². The van der Waals surface area contributed by atoms with Gasteiger partial charge in [0.25, 0.3) is 5.91 Å². The monoisotopic (exact) mass is 294 g/mol. The summed E-state index contributed by atoms with van der Waals surface area (Å²) in [6.07, 6.45) is 6.14. The van der Waals surface area contributed by atoms with Gasteiger partial charge in [-0.1, -0.05) is 27.2 Å². The number of aliphatic hydroxyl groups is 1. The number of hydrogen-bond acceptors (Lipinski definition) is 4. The van der Waals surface area contributed by atoms with E-state index in [4.69, 9.17) is 4.42 Å². The van der Waals surface area contributed by atoms with E-state index < -0.39 is 0 Å². The van der Waals surface area contributed by atoms with Gasteiger partial charge in [-0.15, -0.1) is 0 Å². The van der Waals surface area contributed by atoms with Gasteiger partial charge in [0.1, 0.15) is 6.26 Å². The summed E-state index contributed by atoms with van der Waals surface area (Å²) in [6, 6.07) is -0.0323. The number of hydrogen-bond donors (Lipinski definition) is 2. The van der Waals surface area contributed by atoms with Crippen molar-refractivity contribution < 1.29 is 14.3 Å². The average molecular weight is 294 g/mol. The minimum absolute atomic E-state index is 0.0323. The standard InChI is InChI=1S/C16H26N2O3/c1-4-6-13-17-12(9-21-13)15(20)18-14(11(2)3)16(10-19)7-5-8-16/h9,11,14,19H,4-8,10H2,1-3H3,(H,18,20). The first-order valence-electron chi connectivity index (χ1n) is 7.88. The van der Waals surface area contributed by atoms with E-state index in [1.54, 1.807) is 0 Å². The number of amides is 1. The van der Waals surface area contributed by atoms with Crippen LogP contribution in [0.1, 0.15) is 62.8 Å². The van der Waals surface area contributed by atoms with Crippen molar-refractivity contribution >= 4 is 5.91 Å². The van der Waals surface area contributed by atoms with Crippen LogP contribution in [0.4, 0.5) is 0 Å². The average Bonchev–Trinajstić information content (AvgIpc) is 2.85. The molecule has 1 unspecified atom stereocenters. The van der Waals surface area contributed by atoms with Gasteiger partial charge in [-0.2, -0.15) is 0 Å². The Bertz CT molecular complexity index is 472. The lowest BCUT2D eigenvalue weighted by Crippen LogP contribution is -2.56. The number of nitrogens with one attached hydrogen (secondary N) is 1. The Morgan fingerprint density at radius 3 is 2.71 bits per heavy atom. The molecule has 0 spiro atoms. The van der Waals surface area contributed by atoms with Crippen molar-refractivity contribution in [2.75, 3.05) is 6.61 Å². The lowest BCUT2D eigenvalue weighted by Gasteiger charge is -2.48. The highest BCUT2D eigenvalue weighted by atomic mass is 16.3. The van der Waals surface area contributed by atoms with Crippen molar-refractivity contribution in [3.05, 3.63) is 17.8 Å². The first-order valence-corrected chi connectivity index (χ1v) is 7.88.